The van der Waals surface area contributed by atoms with E-state index in [1.54, 1.807) is 25.3 Å². The van der Waals surface area contributed by atoms with Crippen molar-refractivity contribution in [2.75, 3.05) is 0 Å². The molecule has 0 aromatic heterocycles. The van der Waals surface area contributed by atoms with Gasteiger partial charge in [0.2, 0.25) is 0 Å². The highest BCUT2D eigenvalue weighted by molar-refractivity contribution is 6.13. The summed E-state index contributed by atoms with van der Waals surface area (Å²) in [6, 6.07) is 24.1. The van der Waals surface area contributed by atoms with Crippen LogP contribution in [0.5, 0.6) is 0 Å². The van der Waals surface area contributed by atoms with Crippen LogP contribution in [-0.2, 0) is 0 Å². The number of hydrogen-bond acceptors (Lipinski definition) is 2. The molecular weight excluding hydrogens is 378 g/mol. The van der Waals surface area contributed by atoms with E-state index in [4.69, 9.17) is 0 Å². The first-order chi connectivity index (χ1) is 14.6. The molecule has 0 saturated carbocycles. The summed E-state index contributed by atoms with van der Waals surface area (Å²) in [6.07, 6.45) is 2.20. The van der Waals surface area contributed by atoms with Crippen molar-refractivity contribution in [3.8, 4) is 0 Å². The number of benzene rings is 3. The Morgan fingerprint density at radius 1 is 0.900 bits per heavy atom. The van der Waals surface area contributed by atoms with E-state index in [0.717, 1.165) is 34.4 Å². The maximum Gasteiger partial charge on any atom is 0.123 e. The number of nitrogens with zero attached hydrogens (tertiary/aromatic N) is 2. The summed E-state index contributed by atoms with van der Waals surface area (Å²) in [7, 11) is 0. The zero-order valence-electron chi connectivity index (χ0n) is 17.3. The van der Waals surface area contributed by atoms with Gasteiger partial charge >= 0.3 is 0 Å². The summed E-state index contributed by atoms with van der Waals surface area (Å²) < 4.78 is 26.6. The van der Waals surface area contributed by atoms with E-state index in [0.29, 0.717) is 6.42 Å². The number of alkyl halides is 1. The molecule has 154 valence electrons. The molecule has 0 heterocycles. The van der Waals surface area contributed by atoms with Gasteiger partial charge in [-0.15, -0.1) is 5.10 Å². The summed E-state index contributed by atoms with van der Waals surface area (Å²) in [6.45, 7) is 3.69. The first-order valence-corrected chi connectivity index (χ1v) is 10.2. The van der Waals surface area contributed by atoms with Crippen LogP contribution in [0, 0.1) is 5.82 Å². The average Bonchev–Trinajstić information content (AvgIpc) is 2.77. The molecule has 3 aromatic carbocycles. The highest BCUT2D eigenvalue weighted by atomic mass is 19.1. The second-order valence-electron chi connectivity index (χ2n) is 7.35. The third-order valence-electron chi connectivity index (χ3n) is 5.04. The molecular formula is C26H26F2N2. The minimum atomic E-state index is -0.822. The molecule has 0 amide bonds. The lowest BCUT2D eigenvalue weighted by atomic mass is 9.90. The Bertz CT molecular complexity index is 976. The minimum Gasteiger partial charge on any atom is -0.248 e. The molecule has 3 aromatic rings. The summed E-state index contributed by atoms with van der Waals surface area (Å²) in [5.74, 6) is -0.0825. The Morgan fingerprint density at radius 3 is 2.13 bits per heavy atom. The van der Waals surface area contributed by atoms with Crippen LogP contribution in [0.25, 0.3) is 0 Å². The number of hydrogen-bond donors (Lipinski definition) is 0. The first-order valence-electron chi connectivity index (χ1n) is 10.2. The lowest BCUT2D eigenvalue weighted by Crippen LogP contribution is -2.06. The Hall–Kier alpha value is -3.14. The number of rotatable bonds is 8. The standard InChI is InChI=1S/C26H26F2N2/c1-3-21(17-19(2)27)22-11-13-24(14-12-22)26(23-7-5-4-6-8-23)30-29-18-20-9-15-25(28)16-10-20/h4-16,18-19,21H,3,17H2,1-2H3. The highest BCUT2D eigenvalue weighted by Crippen LogP contribution is 2.26. The van der Waals surface area contributed by atoms with Gasteiger partial charge in [-0.25, -0.2) is 8.78 Å². The van der Waals surface area contributed by atoms with Gasteiger partial charge in [-0.2, -0.15) is 5.10 Å². The SMILES string of the molecule is CCC(CC(C)F)c1ccc(C(=NN=Cc2ccc(F)cc2)c2ccccc2)cc1. The van der Waals surface area contributed by atoms with Gasteiger partial charge in [0, 0.05) is 11.1 Å². The van der Waals surface area contributed by atoms with Crippen LogP contribution in [0.4, 0.5) is 8.78 Å². The molecule has 4 heteroatoms. The van der Waals surface area contributed by atoms with Crippen LogP contribution in [0.3, 0.4) is 0 Å². The molecule has 0 fully saturated rings. The fraction of sp³-hybridized carbons (Fsp3) is 0.231. The van der Waals surface area contributed by atoms with Crippen molar-refractivity contribution >= 4 is 11.9 Å². The maximum atomic E-state index is 13.5. The van der Waals surface area contributed by atoms with Crippen molar-refractivity contribution < 1.29 is 8.78 Å². The molecule has 0 aliphatic heterocycles. The van der Waals surface area contributed by atoms with Gasteiger partial charge in [-0.05, 0) is 48.9 Å². The molecule has 0 N–H and O–H groups in total. The van der Waals surface area contributed by atoms with Gasteiger partial charge < -0.3 is 0 Å². The van der Waals surface area contributed by atoms with Crippen molar-refractivity contribution in [2.45, 2.75) is 38.8 Å². The minimum absolute atomic E-state index is 0.202. The Balaban J connectivity index is 1.90. The molecule has 0 bridgehead atoms. The van der Waals surface area contributed by atoms with E-state index in [1.165, 1.54) is 12.1 Å². The van der Waals surface area contributed by atoms with E-state index in [-0.39, 0.29) is 11.7 Å². The molecule has 0 aliphatic rings. The monoisotopic (exact) mass is 404 g/mol. The van der Waals surface area contributed by atoms with Gasteiger partial charge in [-0.3, -0.25) is 0 Å². The van der Waals surface area contributed by atoms with E-state index >= 15 is 0 Å². The Morgan fingerprint density at radius 2 is 1.53 bits per heavy atom. The van der Waals surface area contributed by atoms with Gasteiger partial charge in [-0.1, -0.05) is 73.7 Å². The van der Waals surface area contributed by atoms with Crippen molar-refractivity contribution in [1.29, 1.82) is 0 Å². The Kier molecular flexibility index (Phi) is 7.61. The van der Waals surface area contributed by atoms with Crippen molar-refractivity contribution in [3.05, 3.63) is 107 Å². The lowest BCUT2D eigenvalue weighted by molar-refractivity contribution is 0.316. The molecule has 0 saturated heterocycles. The van der Waals surface area contributed by atoms with Gasteiger partial charge in [0.15, 0.2) is 0 Å². The second kappa shape index (κ2) is 10.6. The molecule has 0 spiro atoms. The largest absolute Gasteiger partial charge is 0.248 e. The van der Waals surface area contributed by atoms with E-state index in [2.05, 4.69) is 17.1 Å². The van der Waals surface area contributed by atoms with Gasteiger partial charge in [0.25, 0.3) is 0 Å². The third-order valence-corrected chi connectivity index (χ3v) is 5.04. The molecule has 0 radical (unpaired) electrons. The molecule has 2 nitrogen and oxygen atoms in total. The second-order valence-corrected chi connectivity index (χ2v) is 7.35. The van der Waals surface area contributed by atoms with Crippen LogP contribution < -0.4 is 0 Å². The zero-order chi connectivity index (χ0) is 21.3. The lowest BCUT2D eigenvalue weighted by Gasteiger charge is -2.16. The first kappa shape index (κ1) is 21.6. The van der Waals surface area contributed by atoms with Gasteiger partial charge in [0.05, 0.1) is 12.4 Å². The highest BCUT2D eigenvalue weighted by Gasteiger charge is 2.14. The molecule has 2 unspecified atom stereocenters. The topological polar surface area (TPSA) is 24.7 Å². The summed E-state index contributed by atoms with van der Waals surface area (Å²) in [4.78, 5) is 0. The van der Waals surface area contributed by atoms with Crippen molar-refractivity contribution in [1.82, 2.24) is 0 Å². The fourth-order valence-electron chi connectivity index (χ4n) is 3.42. The maximum absolute atomic E-state index is 13.5. The predicted molar refractivity (Wildman–Crippen MR) is 121 cm³/mol. The smallest absolute Gasteiger partial charge is 0.123 e. The fourth-order valence-corrected chi connectivity index (χ4v) is 3.42. The molecule has 2 atom stereocenters. The molecule has 3 rings (SSSR count). The zero-order valence-corrected chi connectivity index (χ0v) is 17.3. The quantitative estimate of drug-likeness (QED) is 0.287. The van der Waals surface area contributed by atoms with E-state index < -0.39 is 6.17 Å². The summed E-state index contributed by atoms with van der Waals surface area (Å²) in [5.41, 5.74) is 4.53. The van der Waals surface area contributed by atoms with Crippen molar-refractivity contribution in [3.63, 3.8) is 0 Å². The van der Waals surface area contributed by atoms with Crippen LogP contribution >= 0.6 is 0 Å². The molecule has 0 aliphatic carbocycles. The van der Waals surface area contributed by atoms with E-state index in [1.807, 2.05) is 54.6 Å². The van der Waals surface area contributed by atoms with E-state index in [9.17, 15) is 8.78 Å². The van der Waals surface area contributed by atoms with Crippen LogP contribution in [0.15, 0.2) is 89.1 Å². The predicted octanol–water partition coefficient (Wildman–Crippen LogP) is 6.94. The molecule has 30 heavy (non-hydrogen) atoms. The van der Waals surface area contributed by atoms with Crippen LogP contribution in [0.1, 0.15) is 54.9 Å². The summed E-state index contributed by atoms with van der Waals surface area (Å²) in [5, 5.41) is 8.69. The Labute approximate surface area is 177 Å². The van der Waals surface area contributed by atoms with Crippen LogP contribution in [-0.4, -0.2) is 18.1 Å². The third kappa shape index (κ3) is 5.93. The summed E-state index contributed by atoms with van der Waals surface area (Å²) >= 11 is 0. The van der Waals surface area contributed by atoms with Crippen LogP contribution in [0.2, 0.25) is 0 Å². The normalized spacial score (nSPS) is 14.1. The number of halogens is 2. The average molecular weight is 405 g/mol. The van der Waals surface area contributed by atoms with Gasteiger partial charge in [0.1, 0.15) is 11.5 Å². The van der Waals surface area contributed by atoms with Crippen molar-refractivity contribution in [2.24, 2.45) is 10.2 Å².